The first kappa shape index (κ1) is 14.8. The molecule has 1 aromatic heterocycles. The highest BCUT2D eigenvalue weighted by atomic mass is 16.1. The van der Waals surface area contributed by atoms with Crippen LogP contribution in [0.1, 0.15) is 48.5 Å². The lowest BCUT2D eigenvalue weighted by Gasteiger charge is -2.37. The van der Waals surface area contributed by atoms with Gasteiger partial charge in [-0.2, -0.15) is 0 Å². The highest BCUT2D eigenvalue weighted by Crippen LogP contribution is 2.28. The maximum absolute atomic E-state index is 11.7. The van der Waals surface area contributed by atoms with Gasteiger partial charge < -0.3 is 16.4 Å². The van der Waals surface area contributed by atoms with E-state index in [1.165, 1.54) is 0 Å². The van der Waals surface area contributed by atoms with Crippen LogP contribution in [0.25, 0.3) is 0 Å². The Kier molecular flexibility index (Phi) is 4.60. The fraction of sp³-hybridized carbons (Fsp3) is 0.600. The summed E-state index contributed by atoms with van der Waals surface area (Å²) in [7, 11) is 0. The molecule has 0 aromatic carbocycles. The van der Waals surface area contributed by atoms with Crippen LogP contribution in [0, 0.1) is 6.92 Å². The van der Waals surface area contributed by atoms with E-state index in [1.54, 1.807) is 6.20 Å². The van der Waals surface area contributed by atoms with Crippen LogP contribution < -0.4 is 16.4 Å². The molecule has 0 saturated heterocycles. The number of hydrogen-bond donors (Lipinski definition) is 2. The first-order valence-corrected chi connectivity index (χ1v) is 7.32. The van der Waals surface area contributed by atoms with Gasteiger partial charge in [-0.05, 0) is 51.2 Å². The van der Waals surface area contributed by atoms with Crippen LogP contribution in [-0.4, -0.2) is 29.5 Å². The number of carbonyl (C=O) groups is 1. The van der Waals surface area contributed by atoms with Crippen molar-refractivity contribution in [3.8, 4) is 0 Å². The number of carbonyl (C=O) groups excluding carboxylic acids is 1. The van der Waals surface area contributed by atoms with Crippen LogP contribution in [-0.2, 0) is 0 Å². The molecule has 0 unspecified atom stereocenters. The quantitative estimate of drug-likeness (QED) is 0.874. The SMILES string of the molecule is CCN(c1nccc(C)c1C(N)=O)C1CCC(N)CC1. The van der Waals surface area contributed by atoms with Gasteiger partial charge in [0.1, 0.15) is 5.82 Å². The molecule has 0 spiro atoms. The Morgan fingerprint density at radius 3 is 2.60 bits per heavy atom. The lowest BCUT2D eigenvalue weighted by Crippen LogP contribution is -2.42. The van der Waals surface area contributed by atoms with Crippen LogP contribution in [0.15, 0.2) is 12.3 Å². The molecule has 0 aliphatic heterocycles. The smallest absolute Gasteiger partial charge is 0.252 e. The standard InChI is InChI=1S/C15H24N4O/c1-3-19(12-6-4-11(16)5-7-12)15-13(14(17)20)10(2)8-9-18-15/h8-9,11-12H,3-7,16H2,1-2H3,(H2,17,20). The van der Waals surface area contributed by atoms with Gasteiger partial charge in [0.15, 0.2) is 0 Å². The number of pyridine rings is 1. The van der Waals surface area contributed by atoms with Gasteiger partial charge in [-0.15, -0.1) is 0 Å². The largest absolute Gasteiger partial charge is 0.365 e. The number of amides is 1. The van der Waals surface area contributed by atoms with Crippen molar-refractivity contribution in [1.82, 2.24) is 4.98 Å². The minimum atomic E-state index is -0.406. The van der Waals surface area contributed by atoms with Gasteiger partial charge in [0, 0.05) is 24.8 Å². The van der Waals surface area contributed by atoms with Crippen molar-refractivity contribution in [3.63, 3.8) is 0 Å². The van der Waals surface area contributed by atoms with Crippen LogP contribution in [0.4, 0.5) is 5.82 Å². The molecule has 1 fully saturated rings. The van der Waals surface area contributed by atoms with Crippen molar-refractivity contribution >= 4 is 11.7 Å². The molecule has 0 atom stereocenters. The zero-order chi connectivity index (χ0) is 14.7. The van der Waals surface area contributed by atoms with E-state index in [9.17, 15) is 4.79 Å². The number of primary amides is 1. The number of aryl methyl sites for hydroxylation is 1. The molecule has 1 aliphatic rings. The van der Waals surface area contributed by atoms with Crippen LogP contribution in [0.5, 0.6) is 0 Å². The van der Waals surface area contributed by atoms with E-state index >= 15 is 0 Å². The van der Waals surface area contributed by atoms with Gasteiger partial charge in [-0.3, -0.25) is 4.79 Å². The summed E-state index contributed by atoms with van der Waals surface area (Å²) < 4.78 is 0. The monoisotopic (exact) mass is 276 g/mol. The summed E-state index contributed by atoms with van der Waals surface area (Å²) in [5.74, 6) is 0.317. The molecule has 5 nitrogen and oxygen atoms in total. The van der Waals surface area contributed by atoms with E-state index in [4.69, 9.17) is 11.5 Å². The Bertz CT molecular complexity index is 481. The highest BCUT2D eigenvalue weighted by Gasteiger charge is 2.27. The number of nitrogens with two attached hydrogens (primary N) is 2. The van der Waals surface area contributed by atoms with Gasteiger partial charge in [0.25, 0.3) is 5.91 Å². The predicted molar refractivity (Wildman–Crippen MR) is 80.7 cm³/mol. The Hall–Kier alpha value is -1.62. The van der Waals surface area contributed by atoms with Gasteiger partial charge in [-0.25, -0.2) is 4.98 Å². The Morgan fingerprint density at radius 2 is 2.05 bits per heavy atom. The van der Waals surface area contributed by atoms with Gasteiger partial charge in [-0.1, -0.05) is 0 Å². The average molecular weight is 276 g/mol. The summed E-state index contributed by atoms with van der Waals surface area (Å²) in [4.78, 5) is 18.4. The third-order valence-electron chi connectivity index (χ3n) is 4.18. The first-order valence-electron chi connectivity index (χ1n) is 7.32. The van der Waals surface area contributed by atoms with E-state index in [0.717, 1.165) is 43.6 Å². The van der Waals surface area contributed by atoms with E-state index in [-0.39, 0.29) is 0 Å². The second kappa shape index (κ2) is 6.22. The van der Waals surface area contributed by atoms with Crippen LogP contribution >= 0.6 is 0 Å². The van der Waals surface area contributed by atoms with Crippen molar-refractivity contribution < 1.29 is 4.79 Å². The lowest BCUT2D eigenvalue weighted by molar-refractivity contribution is 0.0999. The molecular formula is C15H24N4O. The summed E-state index contributed by atoms with van der Waals surface area (Å²) in [6, 6.07) is 2.53. The molecular weight excluding hydrogens is 252 g/mol. The first-order chi connectivity index (χ1) is 9.54. The summed E-state index contributed by atoms with van der Waals surface area (Å²) >= 11 is 0. The Morgan fingerprint density at radius 1 is 1.40 bits per heavy atom. The third-order valence-corrected chi connectivity index (χ3v) is 4.18. The number of hydrogen-bond acceptors (Lipinski definition) is 4. The van der Waals surface area contributed by atoms with E-state index in [0.29, 0.717) is 17.6 Å². The van der Waals surface area contributed by atoms with Crippen LogP contribution in [0.3, 0.4) is 0 Å². The van der Waals surface area contributed by atoms with Gasteiger partial charge in [0.2, 0.25) is 0 Å². The molecule has 1 aliphatic carbocycles. The molecule has 20 heavy (non-hydrogen) atoms. The second-order valence-electron chi connectivity index (χ2n) is 5.55. The Balaban J connectivity index is 2.32. The van der Waals surface area contributed by atoms with Crippen molar-refractivity contribution in [2.24, 2.45) is 11.5 Å². The molecule has 2 rings (SSSR count). The van der Waals surface area contributed by atoms with Crippen molar-refractivity contribution in [1.29, 1.82) is 0 Å². The van der Waals surface area contributed by atoms with Crippen molar-refractivity contribution in [2.45, 2.75) is 51.6 Å². The minimum absolute atomic E-state index is 0.311. The summed E-state index contributed by atoms with van der Waals surface area (Å²) in [5, 5.41) is 0. The molecule has 0 bridgehead atoms. The zero-order valence-corrected chi connectivity index (χ0v) is 12.3. The fourth-order valence-electron chi connectivity index (χ4n) is 3.06. The minimum Gasteiger partial charge on any atom is -0.365 e. The van der Waals surface area contributed by atoms with E-state index < -0.39 is 5.91 Å². The molecule has 1 heterocycles. The van der Waals surface area contributed by atoms with E-state index in [2.05, 4.69) is 16.8 Å². The predicted octanol–water partition coefficient (Wildman–Crippen LogP) is 1.59. The molecule has 110 valence electrons. The fourth-order valence-corrected chi connectivity index (χ4v) is 3.06. The number of anilines is 1. The van der Waals surface area contributed by atoms with Gasteiger partial charge >= 0.3 is 0 Å². The average Bonchev–Trinajstić information content (AvgIpc) is 2.41. The molecule has 0 radical (unpaired) electrons. The number of nitrogens with zero attached hydrogens (tertiary/aromatic N) is 2. The Labute approximate surface area is 120 Å². The molecule has 4 N–H and O–H groups in total. The highest BCUT2D eigenvalue weighted by molar-refractivity contribution is 5.99. The molecule has 1 amide bonds. The van der Waals surface area contributed by atoms with Crippen LogP contribution in [0.2, 0.25) is 0 Å². The zero-order valence-electron chi connectivity index (χ0n) is 12.3. The summed E-state index contributed by atoms with van der Waals surface area (Å²) in [6.45, 7) is 4.80. The van der Waals surface area contributed by atoms with Crippen molar-refractivity contribution in [2.75, 3.05) is 11.4 Å². The maximum Gasteiger partial charge on any atom is 0.252 e. The molecule has 1 saturated carbocycles. The molecule has 5 heteroatoms. The topological polar surface area (TPSA) is 85.2 Å². The maximum atomic E-state index is 11.7. The van der Waals surface area contributed by atoms with E-state index in [1.807, 2.05) is 13.0 Å². The normalized spacial score (nSPS) is 22.6. The summed E-state index contributed by atoms with van der Waals surface area (Å²) in [5.41, 5.74) is 12.9. The number of aromatic nitrogens is 1. The van der Waals surface area contributed by atoms with Crippen molar-refractivity contribution in [3.05, 3.63) is 23.4 Å². The molecule has 1 aromatic rings. The lowest BCUT2D eigenvalue weighted by atomic mass is 9.90. The second-order valence-corrected chi connectivity index (χ2v) is 5.55. The van der Waals surface area contributed by atoms with Gasteiger partial charge in [0.05, 0.1) is 5.56 Å². The summed E-state index contributed by atoms with van der Waals surface area (Å²) in [6.07, 6.45) is 5.89. The third kappa shape index (κ3) is 2.93. The number of rotatable bonds is 4.